The van der Waals surface area contributed by atoms with E-state index in [-0.39, 0.29) is 41.0 Å². The summed E-state index contributed by atoms with van der Waals surface area (Å²) >= 11 is 0. The molecule has 8 heteroatoms. The molecule has 1 atom stereocenters. The SMILES string of the molecule is COC(=O)c1c(CC(=O)N2c3ccccc3CCC2C(=O)Nc2ccc(C)cc2)[nH]c(C(C)=O)c1C. The summed E-state index contributed by atoms with van der Waals surface area (Å²) in [6.45, 7) is 4.99. The first-order valence-corrected chi connectivity index (χ1v) is 11.8. The van der Waals surface area contributed by atoms with Crippen molar-refractivity contribution in [3.05, 3.63) is 82.2 Å². The van der Waals surface area contributed by atoms with Crippen molar-refractivity contribution < 1.29 is 23.9 Å². The summed E-state index contributed by atoms with van der Waals surface area (Å²) in [4.78, 5) is 56.2. The maximum absolute atomic E-state index is 13.8. The lowest BCUT2D eigenvalue weighted by molar-refractivity contribution is -0.123. The van der Waals surface area contributed by atoms with Crippen molar-refractivity contribution in [2.24, 2.45) is 0 Å². The van der Waals surface area contributed by atoms with Gasteiger partial charge in [-0.25, -0.2) is 4.79 Å². The number of aromatic amines is 1. The number of carbonyl (C=O) groups excluding carboxylic acids is 4. The minimum Gasteiger partial charge on any atom is -0.465 e. The number of carbonyl (C=O) groups is 4. The number of esters is 1. The Morgan fingerprint density at radius 1 is 1.06 bits per heavy atom. The smallest absolute Gasteiger partial charge is 0.339 e. The summed E-state index contributed by atoms with van der Waals surface area (Å²) in [6.07, 6.45) is 0.892. The topological polar surface area (TPSA) is 109 Å². The number of hydrogen-bond donors (Lipinski definition) is 2. The van der Waals surface area contributed by atoms with E-state index in [0.29, 0.717) is 29.8 Å². The lowest BCUT2D eigenvalue weighted by Crippen LogP contribution is -2.51. The van der Waals surface area contributed by atoms with Crippen LogP contribution in [0.25, 0.3) is 0 Å². The zero-order valence-corrected chi connectivity index (χ0v) is 20.8. The summed E-state index contributed by atoms with van der Waals surface area (Å²) in [5, 5.41) is 2.93. The van der Waals surface area contributed by atoms with Crippen LogP contribution in [0.4, 0.5) is 11.4 Å². The number of para-hydroxylation sites is 1. The molecule has 186 valence electrons. The van der Waals surface area contributed by atoms with Gasteiger partial charge in [0.25, 0.3) is 0 Å². The Kier molecular flexibility index (Phi) is 7.05. The molecule has 1 aromatic heterocycles. The zero-order chi connectivity index (χ0) is 26.0. The highest BCUT2D eigenvalue weighted by atomic mass is 16.5. The van der Waals surface area contributed by atoms with Gasteiger partial charge in [-0.15, -0.1) is 0 Å². The van der Waals surface area contributed by atoms with Crippen LogP contribution >= 0.6 is 0 Å². The summed E-state index contributed by atoms with van der Waals surface area (Å²) in [7, 11) is 1.25. The summed E-state index contributed by atoms with van der Waals surface area (Å²) < 4.78 is 4.91. The van der Waals surface area contributed by atoms with Crippen molar-refractivity contribution in [3.8, 4) is 0 Å². The number of nitrogens with zero attached hydrogens (tertiary/aromatic N) is 1. The second-order valence-electron chi connectivity index (χ2n) is 9.01. The van der Waals surface area contributed by atoms with E-state index in [9.17, 15) is 19.2 Å². The Balaban J connectivity index is 1.69. The minimum absolute atomic E-state index is 0.169. The van der Waals surface area contributed by atoms with E-state index in [4.69, 9.17) is 4.74 Å². The number of nitrogens with one attached hydrogen (secondary N) is 2. The Labute approximate surface area is 209 Å². The van der Waals surface area contributed by atoms with Gasteiger partial charge in [-0.05, 0) is 56.0 Å². The molecule has 0 saturated carbocycles. The van der Waals surface area contributed by atoms with Gasteiger partial charge in [0, 0.05) is 24.0 Å². The highest BCUT2D eigenvalue weighted by Gasteiger charge is 2.36. The Morgan fingerprint density at radius 3 is 2.42 bits per heavy atom. The maximum atomic E-state index is 13.8. The molecule has 0 spiro atoms. The second-order valence-corrected chi connectivity index (χ2v) is 9.01. The Morgan fingerprint density at radius 2 is 1.75 bits per heavy atom. The number of fused-ring (bicyclic) bond motifs is 1. The van der Waals surface area contributed by atoms with Crippen LogP contribution in [0.3, 0.4) is 0 Å². The van der Waals surface area contributed by atoms with Gasteiger partial charge in [-0.3, -0.25) is 19.3 Å². The maximum Gasteiger partial charge on any atom is 0.339 e. The average molecular weight is 488 g/mol. The van der Waals surface area contributed by atoms with Crippen molar-refractivity contribution in [2.45, 2.75) is 46.1 Å². The summed E-state index contributed by atoms with van der Waals surface area (Å²) in [5.74, 6) is -1.54. The average Bonchev–Trinajstić information content (AvgIpc) is 3.19. The van der Waals surface area contributed by atoms with E-state index >= 15 is 0 Å². The predicted octanol–water partition coefficient (Wildman–Crippen LogP) is 4.15. The molecule has 2 N–H and O–H groups in total. The van der Waals surface area contributed by atoms with E-state index in [2.05, 4.69) is 10.3 Å². The Hall–Kier alpha value is -4.20. The van der Waals surface area contributed by atoms with Gasteiger partial charge in [0.2, 0.25) is 11.8 Å². The van der Waals surface area contributed by atoms with E-state index in [1.807, 2.05) is 55.5 Å². The molecule has 3 aromatic rings. The molecule has 2 aromatic carbocycles. The van der Waals surface area contributed by atoms with E-state index in [0.717, 1.165) is 11.1 Å². The fourth-order valence-electron chi connectivity index (χ4n) is 4.72. The van der Waals surface area contributed by atoms with Gasteiger partial charge in [0.05, 0.1) is 24.8 Å². The fraction of sp³-hybridized carbons (Fsp3) is 0.286. The number of H-pyrrole nitrogens is 1. The van der Waals surface area contributed by atoms with Crippen LogP contribution in [0.2, 0.25) is 0 Å². The molecular formula is C28H29N3O5. The van der Waals surface area contributed by atoms with Gasteiger partial charge >= 0.3 is 5.97 Å². The van der Waals surface area contributed by atoms with Crippen LogP contribution in [-0.4, -0.2) is 41.7 Å². The number of ketones is 1. The van der Waals surface area contributed by atoms with Gasteiger partial charge in [-0.2, -0.15) is 0 Å². The number of hydrogen-bond acceptors (Lipinski definition) is 5. The highest BCUT2D eigenvalue weighted by Crippen LogP contribution is 2.32. The van der Waals surface area contributed by atoms with Crippen molar-refractivity contribution in [1.82, 2.24) is 4.98 Å². The molecule has 8 nitrogen and oxygen atoms in total. The number of Topliss-reactive ketones (excluding diaryl/α,β-unsaturated/α-hetero) is 1. The number of amides is 2. The van der Waals surface area contributed by atoms with Gasteiger partial charge in [-0.1, -0.05) is 35.9 Å². The molecule has 0 aliphatic carbocycles. The zero-order valence-electron chi connectivity index (χ0n) is 20.8. The molecule has 0 saturated heterocycles. The normalized spacial score (nSPS) is 14.7. The molecule has 1 aliphatic rings. The van der Waals surface area contributed by atoms with Gasteiger partial charge in [0.1, 0.15) is 6.04 Å². The van der Waals surface area contributed by atoms with Crippen LogP contribution in [0.1, 0.15) is 56.6 Å². The third-order valence-corrected chi connectivity index (χ3v) is 6.54. The van der Waals surface area contributed by atoms with Crippen molar-refractivity contribution in [1.29, 1.82) is 0 Å². The number of benzene rings is 2. The minimum atomic E-state index is -0.737. The summed E-state index contributed by atoms with van der Waals surface area (Å²) in [6, 6.07) is 14.2. The third kappa shape index (κ3) is 4.79. The van der Waals surface area contributed by atoms with Crippen LogP contribution in [0, 0.1) is 13.8 Å². The quantitative estimate of drug-likeness (QED) is 0.401. The predicted molar refractivity (Wildman–Crippen MR) is 136 cm³/mol. The first-order chi connectivity index (χ1) is 17.2. The molecule has 1 aliphatic heterocycles. The first-order valence-electron chi connectivity index (χ1n) is 11.8. The largest absolute Gasteiger partial charge is 0.465 e. The number of aryl methyl sites for hydroxylation is 2. The molecule has 0 bridgehead atoms. The van der Waals surface area contributed by atoms with Crippen LogP contribution in [0.15, 0.2) is 48.5 Å². The lowest BCUT2D eigenvalue weighted by atomic mass is 9.94. The van der Waals surface area contributed by atoms with Crippen molar-refractivity contribution >= 4 is 34.9 Å². The fourth-order valence-corrected chi connectivity index (χ4v) is 4.72. The highest BCUT2D eigenvalue weighted by molar-refractivity contribution is 6.07. The van der Waals surface area contributed by atoms with Crippen LogP contribution < -0.4 is 10.2 Å². The van der Waals surface area contributed by atoms with E-state index in [1.54, 1.807) is 6.92 Å². The second kappa shape index (κ2) is 10.2. The first kappa shape index (κ1) is 24.9. The number of methoxy groups -OCH3 is 1. The molecule has 36 heavy (non-hydrogen) atoms. The third-order valence-electron chi connectivity index (χ3n) is 6.54. The number of anilines is 2. The van der Waals surface area contributed by atoms with E-state index in [1.165, 1.54) is 18.9 Å². The molecule has 1 unspecified atom stereocenters. The van der Waals surface area contributed by atoms with Gasteiger partial charge < -0.3 is 15.0 Å². The molecule has 0 radical (unpaired) electrons. The van der Waals surface area contributed by atoms with Crippen molar-refractivity contribution in [3.63, 3.8) is 0 Å². The van der Waals surface area contributed by atoms with Crippen molar-refractivity contribution in [2.75, 3.05) is 17.3 Å². The monoisotopic (exact) mass is 487 g/mol. The van der Waals surface area contributed by atoms with E-state index < -0.39 is 12.0 Å². The van der Waals surface area contributed by atoms with Gasteiger partial charge in [0.15, 0.2) is 5.78 Å². The molecule has 2 heterocycles. The molecule has 4 rings (SSSR count). The van der Waals surface area contributed by atoms with Crippen LogP contribution in [-0.2, 0) is 27.2 Å². The lowest BCUT2D eigenvalue weighted by Gasteiger charge is -2.36. The Bertz CT molecular complexity index is 1340. The number of ether oxygens (including phenoxy) is 1. The number of rotatable bonds is 6. The molecular weight excluding hydrogens is 458 g/mol. The van der Waals surface area contributed by atoms with Crippen LogP contribution in [0.5, 0.6) is 0 Å². The standard InChI is InChI=1S/C28H29N3O5/c1-16-9-12-20(13-10-16)29-27(34)23-14-11-19-7-5-6-8-22(19)31(23)24(33)15-21-25(28(35)36-4)17(2)26(30-21)18(3)32/h5-10,12-13,23,30H,11,14-15H2,1-4H3,(H,29,34). The number of aromatic nitrogens is 1. The molecule has 2 amide bonds. The molecule has 0 fully saturated rings. The summed E-state index contributed by atoms with van der Waals surface area (Å²) in [5.41, 5.74) is 4.49.